The summed E-state index contributed by atoms with van der Waals surface area (Å²) in [7, 11) is -2.95. The largest absolute Gasteiger partial charge is 0.497 e. The van der Waals surface area contributed by atoms with Gasteiger partial charge in [0, 0.05) is 6.42 Å². The van der Waals surface area contributed by atoms with E-state index in [0.29, 0.717) is 12.2 Å². The van der Waals surface area contributed by atoms with Crippen LogP contribution in [0, 0.1) is 0 Å². The molecular formula is C27H46NO6P. The highest BCUT2D eigenvalue weighted by atomic mass is 31.2. The molecule has 1 rings (SSSR count). The highest BCUT2D eigenvalue weighted by Gasteiger charge is 2.27. The van der Waals surface area contributed by atoms with Crippen molar-refractivity contribution in [3.05, 3.63) is 29.8 Å². The number of carbonyl (C=O) groups excluding carboxylic acids is 2. The predicted octanol–water partition coefficient (Wildman–Crippen LogP) is 5.95. The number of Topliss-reactive ketones (excluding diaryl/α,β-unsaturated/α-hetero) is 1. The van der Waals surface area contributed by atoms with Crippen LogP contribution in [0.4, 0.5) is 0 Å². The molecule has 0 aliphatic carbocycles. The van der Waals surface area contributed by atoms with Crippen molar-refractivity contribution < 1.29 is 28.7 Å². The maximum Gasteiger partial charge on any atom is 0.333 e. The maximum atomic E-state index is 12.5. The van der Waals surface area contributed by atoms with E-state index in [-0.39, 0.29) is 12.3 Å². The lowest BCUT2D eigenvalue weighted by molar-refractivity contribution is -0.126. The number of unbranched alkanes of at least 4 members (excludes halogenated alkanes) is 12. The van der Waals surface area contributed by atoms with Gasteiger partial charge in [0.15, 0.2) is 5.78 Å². The van der Waals surface area contributed by atoms with Crippen molar-refractivity contribution in [1.82, 2.24) is 5.32 Å². The first-order valence-corrected chi connectivity index (χ1v) is 15.0. The Morgan fingerprint density at radius 2 is 1.34 bits per heavy atom. The van der Waals surface area contributed by atoms with E-state index >= 15 is 0 Å². The second kappa shape index (κ2) is 18.6. The van der Waals surface area contributed by atoms with Gasteiger partial charge in [-0.25, -0.2) is 0 Å². The topological polar surface area (TPSA) is 113 Å². The minimum absolute atomic E-state index is 0.174. The molecule has 0 fully saturated rings. The third-order valence-electron chi connectivity index (χ3n) is 6.19. The van der Waals surface area contributed by atoms with Gasteiger partial charge in [-0.15, -0.1) is 0 Å². The highest BCUT2D eigenvalue weighted by Crippen LogP contribution is 2.34. The first-order chi connectivity index (χ1) is 16.7. The van der Waals surface area contributed by atoms with Crippen LogP contribution in [-0.2, 0) is 20.6 Å². The summed E-state index contributed by atoms with van der Waals surface area (Å²) in [5.41, 5.74) is 0.774. The number of ketones is 1. The summed E-state index contributed by atoms with van der Waals surface area (Å²) in [6, 6.07) is 6.07. The third-order valence-corrected chi connectivity index (χ3v) is 6.92. The van der Waals surface area contributed by atoms with Gasteiger partial charge < -0.3 is 19.8 Å². The van der Waals surface area contributed by atoms with Crippen LogP contribution in [0.5, 0.6) is 5.75 Å². The molecule has 1 aromatic carbocycles. The van der Waals surface area contributed by atoms with Gasteiger partial charge in [0.2, 0.25) is 5.91 Å². The Balaban J connectivity index is 2.30. The summed E-state index contributed by atoms with van der Waals surface area (Å²) in [6.07, 6.45) is 15.5. The molecule has 0 bridgehead atoms. The van der Waals surface area contributed by atoms with E-state index in [0.717, 1.165) is 24.8 Å². The van der Waals surface area contributed by atoms with Crippen LogP contribution in [0.15, 0.2) is 24.3 Å². The van der Waals surface area contributed by atoms with E-state index in [2.05, 4.69) is 12.2 Å². The molecule has 35 heavy (non-hydrogen) atoms. The quantitative estimate of drug-likeness (QED) is 0.139. The predicted molar refractivity (Wildman–Crippen MR) is 141 cm³/mol. The molecule has 1 atom stereocenters. The first-order valence-electron chi connectivity index (χ1n) is 13.2. The van der Waals surface area contributed by atoms with Crippen LogP contribution in [-0.4, -0.2) is 40.8 Å². The Labute approximate surface area is 211 Å². The van der Waals surface area contributed by atoms with Crippen molar-refractivity contribution >= 4 is 19.3 Å². The van der Waals surface area contributed by atoms with E-state index < -0.39 is 25.6 Å². The number of hydrogen-bond acceptors (Lipinski definition) is 4. The molecule has 7 nitrogen and oxygen atoms in total. The van der Waals surface area contributed by atoms with E-state index in [4.69, 9.17) is 4.74 Å². The lowest BCUT2D eigenvalue weighted by atomic mass is 10.0. The van der Waals surface area contributed by atoms with E-state index in [1.807, 2.05) is 0 Å². The number of hydrogen-bond donors (Lipinski definition) is 3. The van der Waals surface area contributed by atoms with Gasteiger partial charge >= 0.3 is 7.60 Å². The average Bonchev–Trinajstić information content (AvgIpc) is 2.81. The lowest BCUT2D eigenvalue weighted by Crippen LogP contribution is -2.43. The van der Waals surface area contributed by atoms with Crippen LogP contribution in [0.3, 0.4) is 0 Å². The van der Waals surface area contributed by atoms with Gasteiger partial charge in [-0.2, -0.15) is 0 Å². The van der Waals surface area contributed by atoms with Crippen molar-refractivity contribution in [3.63, 3.8) is 0 Å². The number of amides is 1. The van der Waals surface area contributed by atoms with Crippen LogP contribution < -0.4 is 10.1 Å². The van der Waals surface area contributed by atoms with Crippen LogP contribution in [0.1, 0.15) is 102 Å². The van der Waals surface area contributed by atoms with Crippen molar-refractivity contribution in [3.8, 4) is 5.75 Å². The Morgan fingerprint density at radius 1 is 0.857 bits per heavy atom. The molecular weight excluding hydrogens is 465 g/mol. The molecule has 0 aliphatic heterocycles. The number of ether oxygens (including phenoxy) is 1. The van der Waals surface area contributed by atoms with Crippen molar-refractivity contribution in [2.45, 2.75) is 109 Å². The van der Waals surface area contributed by atoms with Crippen molar-refractivity contribution in [2.24, 2.45) is 0 Å². The van der Waals surface area contributed by atoms with Crippen molar-refractivity contribution in [2.75, 3.05) is 13.3 Å². The van der Waals surface area contributed by atoms with Gasteiger partial charge in [0.25, 0.3) is 0 Å². The normalized spacial score (nSPS) is 12.3. The Morgan fingerprint density at radius 3 is 1.80 bits per heavy atom. The molecule has 1 aromatic rings. The number of benzene rings is 1. The summed E-state index contributed by atoms with van der Waals surface area (Å²) < 4.78 is 16.4. The minimum Gasteiger partial charge on any atom is -0.497 e. The van der Waals surface area contributed by atoms with Gasteiger partial charge in [-0.05, 0) is 30.5 Å². The number of methoxy groups -OCH3 is 1. The van der Waals surface area contributed by atoms with Gasteiger partial charge in [-0.1, -0.05) is 96.1 Å². The summed E-state index contributed by atoms with van der Waals surface area (Å²) in [5.74, 6) is -0.253. The van der Waals surface area contributed by atoms with E-state index in [1.165, 1.54) is 64.2 Å². The molecule has 0 radical (unpaired) electrons. The summed E-state index contributed by atoms with van der Waals surface area (Å²) in [4.78, 5) is 43.3. The highest BCUT2D eigenvalue weighted by molar-refractivity contribution is 7.52. The molecule has 0 spiro atoms. The first kappa shape index (κ1) is 31.3. The van der Waals surface area contributed by atoms with Gasteiger partial charge in [-0.3, -0.25) is 14.2 Å². The molecule has 1 amide bonds. The summed E-state index contributed by atoms with van der Waals surface area (Å²) in [5, 5.41) is 2.70. The number of carbonyl (C=O) groups is 2. The molecule has 3 N–H and O–H groups in total. The zero-order chi connectivity index (χ0) is 25.9. The number of nitrogens with one attached hydrogen (secondary N) is 1. The van der Waals surface area contributed by atoms with Crippen LogP contribution >= 0.6 is 7.60 Å². The molecule has 200 valence electrons. The zero-order valence-corrected chi connectivity index (χ0v) is 22.6. The zero-order valence-electron chi connectivity index (χ0n) is 21.7. The minimum atomic E-state index is -4.51. The third kappa shape index (κ3) is 16.6. The Hall–Kier alpha value is -1.69. The lowest BCUT2D eigenvalue weighted by Gasteiger charge is -2.18. The molecule has 0 heterocycles. The molecule has 8 heteroatoms. The molecule has 0 saturated heterocycles. The second-order valence-corrected chi connectivity index (χ2v) is 11.1. The smallest absolute Gasteiger partial charge is 0.333 e. The second-order valence-electron chi connectivity index (χ2n) is 9.45. The van der Waals surface area contributed by atoms with Crippen molar-refractivity contribution in [1.29, 1.82) is 0 Å². The van der Waals surface area contributed by atoms with Gasteiger partial charge in [0.05, 0.1) is 13.2 Å². The summed E-state index contributed by atoms with van der Waals surface area (Å²) in [6.45, 7) is 2.24. The fourth-order valence-corrected chi connectivity index (χ4v) is 4.75. The Kier molecular flexibility index (Phi) is 16.6. The molecule has 0 aliphatic rings. The molecule has 0 saturated carbocycles. The fourth-order valence-electron chi connectivity index (χ4n) is 4.13. The van der Waals surface area contributed by atoms with E-state index in [9.17, 15) is 23.9 Å². The van der Waals surface area contributed by atoms with Crippen LogP contribution in [0.2, 0.25) is 0 Å². The number of rotatable bonds is 21. The van der Waals surface area contributed by atoms with Crippen LogP contribution in [0.25, 0.3) is 0 Å². The monoisotopic (exact) mass is 511 g/mol. The fraction of sp³-hybridized carbons (Fsp3) is 0.704. The molecule has 0 aromatic heterocycles. The SMILES string of the molecule is CCCCCCCCCCCCCCCC(=O)N[C@H](Cc1ccc(OC)cc1)C(=O)CP(=O)(O)O. The standard InChI is InChI=1S/C27H46NO6P/c1-3-4-5-6-7-8-9-10-11-12-13-14-15-16-27(30)28-25(26(29)22-35(31,32)33)21-23-17-19-24(34-2)20-18-23/h17-20,25H,3-16,21-22H2,1-2H3,(H,28,30)(H2,31,32,33)/t25-/m1/s1. The summed E-state index contributed by atoms with van der Waals surface area (Å²) >= 11 is 0. The van der Waals surface area contributed by atoms with E-state index in [1.54, 1.807) is 31.4 Å². The molecule has 0 unspecified atom stereocenters. The Bertz CT molecular complexity index is 761. The average molecular weight is 512 g/mol. The maximum absolute atomic E-state index is 12.5. The van der Waals surface area contributed by atoms with Gasteiger partial charge in [0.1, 0.15) is 11.9 Å².